The minimum atomic E-state index is 0.593. The van der Waals surface area contributed by atoms with Crippen molar-refractivity contribution in [1.29, 1.82) is 0 Å². The van der Waals surface area contributed by atoms with Gasteiger partial charge in [-0.1, -0.05) is 40.2 Å². The molecule has 0 radical (unpaired) electrons. The van der Waals surface area contributed by atoms with E-state index in [2.05, 4.69) is 76.4 Å². The number of anilines is 1. The molecule has 0 amide bonds. The highest BCUT2D eigenvalue weighted by Gasteiger charge is 2.02. The van der Waals surface area contributed by atoms with E-state index in [1.54, 1.807) is 0 Å². The van der Waals surface area contributed by atoms with Gasteiger partial charge in [0.2, 0.25) is 0 Å². The molecule has 2 aromatic carbocycles. The van der Waals surface area contributed by atoms with Gasteiger partial charge in [-0.15, -0.1) is 0 Å². The van der Waals surface area contributed by atoms with E-state index in [0.717, 1.165) is 11.0 Å². The summed E-state index contributed by atoms with van der Waals surface area (Å²) in [5.41, 5.74) is 9.32. The Labute approximate surface area is 117 Å². The zero-order chi connectivity index (χ0) is 13.0. The summed E-state index contributed by atoms with van der Waals surface area (Å²) in [6.07, 6.45) is 0. The van der Waals surface area contributed by atoms with Crippen LogP contribution in [0.15, 0.2) is 53.0 Å². The number of hydrogen-bond acceptors (Lipinski definition) is 2. The maximum atomic E-state index is 5.66. The van der Waals surface area contributed by atoms with Crippen LogP contribution in [0.25, 0.3) is 0 Å². The second kappa shape index (κ2) is 6.03. The van der Waals surface area contributed by atoms with Crippen LogP contribution in [-0.4, -0.2) is 7.05 Å². The van der Waals surface area contributed by atoms with Gasteiger partial charge in [0, 0.05) is 30.3 Å². The Morgan fingerprint density at radius 2 is 1.72 bits per heavy atom. The van der Waals surface area contributed by atoms with Crippen molar-refractivity contribution in [1.82, 2.24) is 0 Å². The van der Waals surface area contributed by atoms with Gasteiger partial charge in [0.25, 0.3) is 0 Å². The van der Waals surface area contributed by atoms with E-state index in [9.17, 15) is 0 Å². The molecular formula is C15H17BrN2. The van der Waals surface area contributed by atoms with Crippen LogP contribution < -0.4 is 10.6 Å². The van der Waals surface area contributed by atoms with Gasteiger partial charge in [0.15, 0.2) is 0 Å². The van der Waals surface area contributed by atoms with E-state index in [0.29, 0.717) is 6.54 Å². The highest BCUT2D eigenvalue weighted by Crippen LogP contribution is 2.19. The second-order valence-electron chi connectivity index (χ2n) is 4.36. The first kappa shape index (κ1) is 13.1. The zero-order valence-electron chi connectivity index (χ0n) is 10.4. The van der Waals surface area contributed by atoms with Crippen LogP contribution in [0.1, 0.15) is 11.1 Å². The lowest BCUT2D eigenvalue weighted by Crippen LogP contribution is -2.16. The van der Waals surface area contributed by atoms with Gasteiger partial charge in [0.1, 0.15) is 0 Å². The summed E-state index contributed by atoms with van der Waals surface area (Å²) >= 11 is 3.45. The molecule has 2 nitrogen and oxygen atoms in total. The molecule has 3 heteroatoms. The minimum absolute atomic E-state index is 0.593. The Morgan fingerprint density at radius 1 is 1.06 bits per heavy atom. The standard InChI is InChI=1S/C15H17BrN2/c1-18(15-7-5-14(16)6-8-15)11-13-4-2-3-12(9-13)10-17/h2-9H,10-11,17H2,1H3. The first-order valence-electron chi connectivity index (χ1n) is 5.93. The molecule has 2 aromatic rings. The lowest BCUT2D eigenvalue weighted by molar-refractivity contribution is 0.917. The molecular weight excluding hydrogens is 288 g/mol. The molecule has 0 aliphatic heterocycles. The summed E-state index contributed by atoms with van der Waals surface area (Å²) in [6.45, 7) is 1.48. The average molecular weight is 305 g/mol. The van der Waals surface area contributed by atoms with Crippen molar-refractivity contribution in [2.75, 3.05) is 11.9 Å². The van der Waals surface area contributed by atoms with E-state index in [1.807, 2.05) is 0 Å². The van der Waals surface area contributed by atoms with Crippen LogP contribution in [0.2, 0.25) is 0 Å². The highest BCUT2D eigenvalue weighted by atomic mass is 79.9. The number of nitrogens with two attached hydrogens (primary N) is 1. The van der Waals surface area contributed by atoms with Crippen molar-refractivity contribution >= 4 is 21.6 Å². The van der Waals surface area contributed by atoms with Crippen molar-refractivity contribution in [3.63, 3.8) is 0 Å². The Balaban J connectivity index is 2.10. The van der Waals surface area contributed by atoms with Gasteiger partial charge in [-0.3, -0.25) is 0 Å². The van der Waals surface area contributed by atoms with Crippen molar-refractivity contribution in [3.8, 4) is 0 Å². The van der Waals surface area contributed by atoms with E-state index in [1.165, 1.54) is 16.8 Å². The first-order chi connectivity index (χ1) is 8.69. The number of nitrogens with zero attached hydrogens (tertiary/aromatic N) is 1. The topological polar surface area (TPSA) is 29.3 Å². The van der Waals surface area contributed by atoms with Crippen molar-refractivity contribution in [2.24, 2.45) is 5.73 Å². The number of rotatable bonds is 4. The van der Waals surface area contributed by atoms with Crippen LogP contribution in [-0.2, 0) is 13.1 Å². The summed E-state index contributed by atoms with van der Waals surface area (Å²) in [7, 11) is 2.10. The molecule has 0 spiro atoms. The second-order valence-corrected chi connectivity index (χ2v) is 5.27. The lowest BCUT2D eigenvalue weighted by Gasteiger charge is -2.19. The van der Waals surface area contributed by atoms with Crippen LogP contribution >= 0.6 is 15.9 Å². The number of benzene rings is 2. The molecule has 0 saturated carbocycles. The van der Waals surface area contributed by atoms with Crippen LogP contribution in [0.3, 0.4) is 0 Å². The Hall–Kier alpha value is -1.32. The summed E-state index contributed by atoms with van der Waals surface area (Å²) in [4.78, 5) is 2.22. The van der Waals surface area contributed by atoms with Crippen LogP contribution in [0, 0.1) is 0 Å². The summed E-state index contributed by atoms with van der Waals surface area (Å²) in [6, 6.07) is 16.7. The summed E-state index contributed by atoms with van der Waals surface area (Å²) in [5, 5.41) is 0. The molecule has 0 aromatic heterocycles. The first-order valence-corrected chi connectivity index (χ1v) is 6.73. The third kappa shape index (κ3) is 3.34. The molecule has 2 N–H and O–H groups in total. The molecule has 0 atom stereocenters. The van der Waals surface area contributed by atoms with Gasteiger partial charge in [-0.25, -0.2) is 0 Å². The molecule has 18 heavy (non-hydrogen) atoms. The molecule has 0 saturated heterocycles. The SMILES string of the molecule is CN(Cc1cccc(CN)c1)c1ccc(Br)cc1. The Kier molecular flexibility index (Phi) is 4.39. The summed E-state index contributed by atoms with van der Waals surface area (Å²) < 4.78 is 1.10. The predicted octanol–water partition coefficient (Wildman–Crippen LogP) is 3.54. The molecule has 0 heterocycles. The Morgan fingerprint density at radius 3 is 2.39 bits per heavy atom. The fourth-order valence-electron chi connectivity index (χ4n) is 1.92. The summed E-state index contributed by atoms with van der Waals surface area (Å²) in [5.74, 6) is 0. The molecule has 0 aliphatic rings. The highest BCUT2D eigenvalue weighted by molar-refractivity contribution is 9.10. The number of hydrogen-bond donors (Lipinski definition) is 1. The van der Waals surface area contributed by atoms with E-state index in [-0.39, 0.29) is 0 Å². The van der Waals surface area contributed by atoms with E-state index >= 15 is 0 Å². The molecule has 2 rings (SSSR count). The van der Waals surface area contributed by atoms with Gasteiger partial charge in [-0.05, 0) is 35.4 Å². The van der Waals surface area contributed by atoms with E-state index < -0.39 is 0 Å². The van der Waals surface area contributed by atoms with Crippen molar-refractivity contribution in [3.05, 3.63) is 64.1 Å². The average Bonchev–Trinajstić information content (AvgIpc) is 2.39. The molecule has 0 bridgehead atoms. The molecule has 0 aliphatic carbocycles. The maximum Gasteiger partial charge on any atom is 0.0426 e. The third-order valence-corrected chi connectivity index (χ3v) is 3.44. The fraction of sp³-hybridized carbons (Fsp3) is 0.200. The fourth-order valence-corrected chi connectivity index (χ4v) is 2.18. The van der Waals surface area contributed by atoms with Gasteiger partial charge < -0.3 is 10.6 Å². The van der Waals surface area contributed by atoms with E-state index in [4.69, 9.17) is 5.73 Å². The predicted molar refractivity (Wildman–Crippen MR) is 80.6 cm³/mol. The largest absolute Gasteiger partial charge is 0.370 e. The Bertz CT molecular complexity index is 508. The smallest absolute Gasteiger partial charge is 0.0426 e. The quantitative estimate of drug-likeness (QED) is 0.936. The van der Waals surface area contributed by atoms with Crippen molar-refractivity contribution < 1.29 is 0 Å². The monoisotopic (exact) mass is 304 g/mol. The zero-order valence-corrected chi connectivity index (χ0v) is 12.0. The normalized spacial score (nSPS) is 10.4. The molecule has 0 fully saturated rings. The van der Waals surface area contributed by atoms with Crippen LogP contribution in [0.5, 0.6) is 0 Å². The lowest BCUT2D eigenvalue weighted by atomic mass is 10.1. The van der Waals surface area contributed by atoms with Crippen LogP contribution in [0.4, 0.5) is 5.69 Å². The molecule has 94 valence electrons. The minimum Gasteiger partial charge on any atom is -0.370 e. The third-order valence-electron chi connectivity index (χ3n) is 2.91. The van der Waals surface area contributed by atoms with Gasteiger partial charge in [-0.2, -0.15) is 0 Å². The van der Waals surface area contributed by atoms with Gasteiger partial charge >= 0.3 is 0 Å². The number of halogens is 1. The van der Waals surface area contributed by atoms with Gasteiger partial charge in [0.05, 0.1) is 0 Å². The maximum absolute atomic E-state index is 5.66. The molecule has 0 unspecified atom stereocenters. The van der Waals surface area contributed by atoms with Crippen molar-refractivity contribution in [2.45, 2.75) is 13.1 Å².